The Hall–Kier alpha value is -1.48. The van der Waals surface area contributed by atoms with Crippen LogP contribution in [0.4, 0.5) is 0 Å². The van der Waals surface area contributed by atoms with E-state index in [0.717, 1.165) is 22.2 Å². The summed E-state index contributed by atoms with van der Waals surface area (Å²) in [4.78, 5) is 4.80. The van der Waals surface area contributed by atoms with Gasteiger partial charge in [-0.2, -0.15) is 0 Å². The molecule has 0 aliphatic heterocycles. The van der Waals surface area contributed by atoms with Crippen molar-refractivity contribution in [3.63, 3.8) is 0 Å². The predicted molar refractivity (Wildman–Crippen MR) is 71.8 cm³/mol. The second-order valence-electron chi connectivity index (χ2n) is 4.40. The van der Waals surface area contributed by atoms with Crippen LogP contribution in [-0.2, 0) is 0 Å². The van der Waals surface area contributed by atoms with Crippen LogP contribution in [0, 0.1) is 0 Å². The summed E-state index contributed by atoms with van der Waals surface area (Å²) < 4.78 is 21.6. The summed E-state index contributed by atoms with van der Waals surface area (Å²) in [6, 6.07) is 5.80. The average molecular weight is 234 g/mol. The minimum Gasteiger partial charge on any atom is -0.497 e. The van der Waals surface area contributed by atoms with Crippen molar-refractivity contribution in [2.45, 2.75) is 12.8 Å². The quantitative estimate of drug-likeness (QED) is 0.881. The number of aromatic amines is 1. The lowest BCUT2D eigenvalue weighted by Crippen LogP contribution is -2.18. The highest BCUT2D eigenvalue weighted by molar-refractivity contribution is 5.85. The largest absolute Gasteiger partial charge is 0.497 e. The van der Waals surface area contributed by atoms with Gasteiger partial charge in [0.1, 0.15) is 5.75 Å². The molecule has 0 spiro atoms. The molecule has 0 aliphatic carbocycles. The molecule has 0 aliphatic rings. The molecule has 2 aromatic rings. The average Bonchev–Trinajstić information content (AvgIpc) is 2.79. The molecule has 1 aromatic heterocycles. The standard InChI is InChI=1S/C14H20N2O/c1-10(9-16(2)3)13-8-15-14-6-5-11(17-4)7-12(13)14/h5-8,10,15H,9H2,1-4H3/i9D2. The van der Waals surface area contributed by atoms with Crippen LogP contribution < -0.4 is 4.74 Å². The molecule has 3 heteroatoms. The lowest BCUT2D eigenvalue weighted by atomic mass is 10.00. The van der Waals surface area contributed by atoms with E-state index in [1.807, 2.05) is 31.3 Å². The van der Waals surface area contributed by atoms with Gasteiger partial charge in [-0.25, -0.2) is 0 Å². The fraction of sp³-hybridized carbons (Fsp3) is 0.429. The van der Waals surface area contributed by atoms with Gasteiger partial charge in [0, 0.05) is 26.3 Å². The molecule has 1 aromatic carbocycles. The Bertz CT molecular complexity index is 578. The molecule has 1 atom stereocenters. The molecule has 0 fully saturated rings. The molecule has 92 valence electrons. The topological polar surface area (TPSA) is 28.3 Å². The number of methoxy groups -OCH3 is 1. The van der Waals surface area contributed by atoms with Crippen molar-refractivity contribution in [2.24, 2.45) is 0 Å². The molecular weight excluding hydrogens is 212 g/mol. The van der Waals surface area contributed by atoms with E-state index in [-0.39, 0.29) is 5.92 Å². The number of hydrogen-bond donors (Lipinski definition) is 1. The van der Waals surface area contributed by atoms with Gasteiger partial charge in [-0.15, -0.1) is 0 Å². The summed E-state index contributed by atoms with van der Waals surface area (Å²) in [5.74, 6) is 0.536. The molecule has 0 amide bonds. The molecule has 3 nitrogen and oxygen atoms in total. The number of fused-ring (bicyclic) bond motifs is 1. The molecule has 1 heterocycles. The third kappa shape index (κ3) is 2.44. The summed E-state index contributed by atoms with van der Waals surface area (Å²) >= 11 is 0. The fourth-order valence-corrected chi connectivity index (χ4v) is 2.06. The van der Waals surface area contributed by atoms with E-state index >= 15 is 0 Å². The highest BCUT2D eigenvalue weighted by Crippen LogP contribution is 2.28. The van der Waals surface area contributed by atoms with E-state index in [2.05, 4.69) is 4.98 Å². The van der Waals surface area contributed by atoms with Crippen molar-refractivity contribution in [2.75, 3.05) is 27.7 Å². The van der Waals surface area contributed by atoms with Crippen LogP contribution in [0.2, 0.25) is 0 Å². The number of hydrogen-bond acceptors (Lipinski definition) is 2. The molecule has 1 N–H and O–H groups in total. The van der Waals surface area contributed by atoms with Crippen molar-refractivity contribution in [1.82, 2.24) is 9.88 Å². The first-order chi connectivity index (χ1) is 8.87. The Kier molecular flexibility index (Phi) is 2.69. The van der Waals surface area contributed by atoms with Crippen molar-refractivity contribution in [3.8, 4) is 5.75 Å². The van der Waals surface area contributed by atoms with E-state index in [0.29, 0.717) is 0 Å². The molecular formula is C14H20N2O. The van der Waals surface area contributed by atoms with Crippen LogP contribution in [0.3, 0.4) is 0 Å². The van der Waals surface area contributed by atoms with Gasteiger partial charge in [0.05, 0.1) is 7.11 Å². The Morgan fingerprint density at radius 1 is 1.47 bits per heavy atom. The first-order valence-electron chi connectivity index (χ1n) is 6.70. The second-order valence-corrected chi connectivity index (χ2v) is 4.40. The van der Waals surface area contributed by atoms with Crippen LogP contribution in [-0.4, -0.2) is 37.6 Å². The molecule has 0 radical (unpaired) electrons. The SMILES string of the molecule is [2H]C([2H])(C(C)c1c[nH]c2ccc(OC)cc12)N(C)C. The molecule has 17 heavy (non-hydrogen) atoms. The lowest BCUT2D eigenvalue weighted by Gasteiger charge is -2.16. The van der Waals surface area contributed by atoms with Crippen LogP contribution in [0.25, 0.3) is 10.9 Å². The first-order valence-corrected chi connectivity index (χ1v) is 5.70. The van der Waals surface area contributed by atoms with Gasteiger partial charge in [-0.3, -0.25) is 0 Å². The number of nitrogens with one attached hydrogen (secondary N) is 1. The predicted octanol–water partition coefficient (Wildman–Crippen LogP) is 2.84. The van der Waals surface area contributed by atoms with Gasteiger partial charge in [0.15, 0.2) is 0 Å². The smallest absolute Gasteiger partial charge is 0.119 e. The Morgan fingerprint density at radius 3 is 2.88 bits per heavy atom. The van der Waals surface area contributed by atoms with Crippen LogP contribution in [0.5, 0.6) is 5.75 Å². The summed E-state index contributed by atoms with van der Waals surface area (Å²) in [6.45, 7) is 0.500. The number of ether oxygens (including phenoxy) is 1. The molecule has 0 saturated heterocycles. The van der Waals surface area contributed by atoms with Crippen molar-refractivity contribution in [3.05, 3.63) is 30.0 Å². The second kappa shape index (κ2) is 4.80. The molecule has 2 rings (SSSR count). The zero-order valence-electron chi connectivity index (χ0n) is 12.7. The van der Waals surface area contributed by atoms with Gasteiger partial charge in [-0.1, -0.05) is 6.92 Å². The fourth-order valence-electron chi connectivity index (χ4n) is 2.06. The number of rotatable bonds is 4. The van der Waals surface area contributed by atoms with Crippen LogP contribution in [0.15, 0.2) is 24.4 Å². The number of benzene rings is 1. The summed E-state index contributed by atoms with van der Waals surface area (Å²) in [6.07, 6.45) is 1.89. The van der Waals surface area contributed by atoms with Crippen molar-refractivity contribution in [1.29, 1.82) is 0 Å². The Balaban J connectivity index is 2.50. The molecule has 0 bridgehead atoms. The maximum absolute atomic E-state index is 8.18. The monoisotopic (exact) mass is 234 g/mol. The van der Waals surface area contributed by atoms with Gasteiger partial charge in [0.25, 0.3) is 0 Å². The van der Waals surface area contributed by atoms with Crippen LogP contribution in [0.1, 0.15) is 21.1 Å². The van der Waals surface area contributed by atoms with E-state index < -0.39 is 6.50 Å². The van der Waals surface area contributed by atoms with Gasteiger partial charge >= 0.3 is 0 Å². The van der Waals surface area contributed by atoms with Crippen molar-refractivity contribution < 1.29 is 7.48 Å². The highest BCUT2D eigenvalue weighted by atomic mass is 16.5. The number of aromatic nitrogens is 1. The van der Waals surface area contributed by atoms with Gasteiger partial charge in [-0.05, 0) is 43.8 Å². The normalized spacial score (nSPS) is 15.8. The highest BCUT2D eigenvalue weighted by Gasteiger charge is 2.12. The van der Waals surface area contributed by atoms with Gasteiger partial charge < -0.3 is 14.6 Å². The number of H-pyrrole nitrogens is 1. The van der Waals surface area contributed by atoms with E-state index in [1.54, 1.807) is 26.1 Å². The minimum atomic E-state index is -1.40. The first kappa shape index (κ1) is 9.54. The summed E-state index contributed by atoms with van der Waals surface area (Å²) in [7, 11) is 5.15. The zero-order valence-corrected chi connectivity index (χ0v) is 10.7. The molecule has 1 unspecified atom stereocenters. The lowest BCUT2D eigenvalue weighted by molar-refractivity contribution is 0.384. The van der Waals surface area contributed by atoms with Crippen LogP contribution >= 0.6 is 0 Å². The summed E-state index contributed by atoms with van der Waals surface area (Å²) in [5, 5.41) is 1.01. The van der Waals surface area contributed by atoms with E-state index in [1.165, 1.54) is 0 Å². The third-order valence-corrected chi connectivity index (χ3v) is 2.84. The minimum absolute atomic E-state index is 0.247. The van der Waals surface area contributed by atoms with Crippen molar-refractivity contribution >= 4 is 10.9 Å². The summed E-state index contributed by atoms with van der Waals surface area (Å²) in [5.41, 5.74) is 1.96. The Morgan fingerprint density at radius 2 is 2.24 bits per heavy atom. The zero-order chi connectivity index (χ0) is 14.2. The van der Waals surface area contributed by atoms with Gasteiger partial charge in [0.2, 0.25) is 0 Å². The maximum Gasteiger partial charge on any atom is 0.119 e. The maximum atomic E-state index is 8.18. The molecule has 0 saturated carbocycles. The number of likely N-dealkylation sites (N-methyl/N-ethyl adjacent to an activating group) is 1. The number of nitrogens with zero attached hydrogens (tertiary/aromatic N) is 1. The third-order valence-electron chi connectivity index (χ3n) is 2.84. The van der Waals surface area contributed by atoms with E-state index in [9.17, 15) is 0 Å². The Labute approximate surface area is 105 Å². The van der Waals surface area contributed by atoms with E-state index in [4.69, 9.17) is 7.48 Å².